The smallest absolute Gasteiger partial charge is 0.252 e. The molecule has 0 saturated heterocycles. The predicted octanol–water partition coefficient (Wildman–Crippen LogP) is 2.05. The highest BCUT2D eigenvalue weighted by Gasteiger charge is 2.08. The zero-order valence-electron chi connectivity index (χ0n) is 12.5. The number of nitrogens with zero attached hydrogens (tertiary/aromatic N) is 1. The summed E-state index contributed by atoms with van der Waals surface area (Å²) in [5.74, 6) is -0.221. The number of hydrogen-bond donors (Lipinski definition) is 2. The molecule has 0 spiro atoms. The van der Waals surface area contributed by atoms with E-state index < -0.39 is 0 Å². The number of nitrogens with one attached hydrogen (secondary N) is 1. The van der Waals surface area contributed by atoms with Gasteiger partial charge in [0.1, 0.15) is 0 Å². The Morgan fingerprint density at radius 2 is 1.96 bits per heavy atom. The lowest BCUT2D eigenvalue weighted by Gasteiger charge is -2.10. The third kappa shape index (κ3) is 5.39. The predicted molar refractivity (Wildman–Crippen MR) is 94.5 cm³/mol. The minimum atomic E-state index is -0.221. The summed E-state index contributed by atoms with van der Waals surface area (Å²) in [5, 5.41) is 3.35. The fourth-order valence-corrected chi connectivity index (χ4v) is 2.20. The van der Waals surface area contributed by atoms with Crippen molar-refractivity contribution in [3.05, 3.63) is 69.1 Å². The molecule has 0 aliphatic rings. The average molecular weight is 356 g/mol. The molecule has 2 rings (SSSR count). The van der Waals surface area contributed by atoms with Gasteiger partial charge in [0.2, 0.25) is 0 Å². The first-order valence-corrected chi connectivity index (χ1v) is 7.42. The van der Waals surface area contributed by atoms with E-state index >= 15 is 0 Å². The van der Waals surface area contributed by atoms with E-state index in [0.717, 1.165) is 5.56 Å². The van der Waals surface area contributed by atoms with Crippen molar-refractivity contribution < 1.29 is 4.79 Å². The first-order valence-electron chi connectivity index (χ1n) is 7.04. The van der Waals surface area contributed by atoms with Crippen molar-refractivity contribution in [3.63, 3.8) is 0 Å². The van der Waals surface area contributed by atoms with Gasteiger partial charge in [0.05, 0.1) is 12.1 Å². The van der Waals surface area contributed by atoms with Gasteiger partial charge in [-0.25, -0.2) is 0 Å². The molecule has 0 saturated carbocycles. The number of carbonyl (C=O) groups is 1. The van der Waals surface area contributed by atoms with Crippen LogP contribution in [0.1, 0.15) is 22.3 Å². The number of amides is 1. The van der Waals surface area contributed by atoms with E-state index in [1.807, 2.05) is 18.2 Å². The van der Waals surface area contributed by atoms with Crippen LogP contribution in [0.3, 0.4) is 0 Å². The fraction of sp³-hybridized carbons (Fsp3) is 0.250. The molecule has 0 aliphatic carbocycles. The maximum Gasteiger partial charge on any atom is 0.252 e. The second kappa shape index (κ2) is 9.35. The molecular formula is C16H19Cl2N3O2. The number of benzene rings is 1. The lowest BCUT2D eigenvalue weighted by molar-refractivity contribution is 0.0952. The highest BCUT2D eigenvalue weighted by molar-refractivity contribution is 6.31. The van der Waals surface area contributed by atoms with Gasteiger partial charge in [-0.15, -0.1) is 12.4 Å². The maximum absolute atomic E-state index is 12.0. The third-order valence-corrected chi connectivity index (χ3v) is 3.58. The molecule has 0 radical (unpaired) electrons. The van der Waals surface area contributed by atoms with E-state index in [-0.39, 0.29) is 23.9 Å². The van der Waals surface area contributed by atoms with Crippen LogP contribution in [-0.2, 0) is 6.54 Å². The molecule has 1 aromatic heterocycles. The zero-order valence-corrected chi connectivity index (χ0v) is 14.1. The summed E-state index contributed by atoms with van der Waals surface area (Å²) in [5.41, 5.74) is 6.47. The quantitative estimate of drug-likeness (QED) is 0.778. The number of rotatable bonds is 6. The summed E-state index contributed by atoms with van der Waals surface area (Å²) in [7, 11) is 0. The largest absolute Gasteiger partial charge is 0.352 e. The van der Waals surface area contributed by atoms with Crippen LogP contribution in [0.25, 0.3) is 0 Å². The van der Waals surface area contributed by atoms with Crippen molar-refractivity contribution >= 4 is 29.9 Å². The molecule has 0 atom stereocenters. The van der Waals surface area contributed by atoms with Gasteiger partial charge in [0.15, 0.2) is 0 Å². The van der Waals surface area contributed by atoms with Crippen molar-refractivity contribution in [2.75, 3.05) is 13.1 Å². The second-order valence-electron chi connectivity index (χ2n) is 4.87. The highest BCUT2D eigenvalue weighted by atomic mass is 35.5. The molecule has 23 heavy (non-hydrogen) atoms. The first kappa shape index (κ1) is 19.2. The summed E-state index contributed by atoms with van der Waals surface area (Å²) < 4.78 is 1.47. The van der Waals surface area contributed by atoms with Gasteiger partial charge < -0.3 is 15.6 Å². The van der Waals surface area contributed by atoms with Crippen molar-refractivity contribution in [1.29, 1.82) is 0 Å². The van der Waals surface area contributed by atoms with E-state index in [0.29, 0.717) is 36.6 Å². The molecule has 1 amide bonds. The second-order valence-corrected chi connectivity index (χ2v) is 5.28. The topological polar surface area (TPSA) is 77.1 Å². The Morgan fingerprint density at radius 1 is 1.22 bits per heavy atom. The molecule has 5 nitrogen and oxygen atoms in total. The fourth-order valence-electron chi connectivity index (χ4n) is 2.01. The van der Waals surface area contributed by atoms with E-state index in [2.05, 4.69) is 5.32 Å². The van der Waals surface area contributed by atoms with Crippen LogP contribution < -0.4 is 16.6 Å². The number of pyridine rings is 1. The molecule has 0 bridgehead atoms. The van der Waals surface area contributed by atoms with Gasteiger partial charge in [-0.1, -0.05) is 29.8 Å². The number of carbonyl (C=O) groups excluding carboxylic acids is 1. The molecule has 3 N–H and O–H groups in total. The van der Waals surface area contributed by atoms with Gasteiger partial charge in [-0.2, -0.15) is 0 Å². The van der Waals surface area contributed by atoms with Crippen LogP contribution >= 0.6 is 24.0 Å². The monoisotopic (exact) mass is 355 g/mol. The third-order valence-electron chi connectivity index (χ3n) is 3.21. The normalized spacial score (nSPS) is 10.0. The molecular weight excluding hydrogens is 337 g/mol. The number of aromatic nitrogens is 1. The Balaban J connectivity index is 0.00000264. The van der Waals surface area contributed by atoms with Crippen LogP contribution in [0, 0.1) is 0 Å². The molecule has 7 heteroatoms. The zero-order chi connectivity index (χ0) is 15.9. The van der Waals surface area contributed by atoms with E-state index in [4.69, 9.17) is 17.3 Å². The van der Waals surface area contributed by atoms with Crippen LogP contribution in [0.4, 0.5) is 0 Å². The number of halogens is 2. The van der Waals surface area contributed by atoms with E-state index in [9.17, 15) is 9.59 Å². The van der Waals surface area contributed by atoms with Crippen LogP contribution in [0.2, 0.25) is 5.02 Å². The average Bonchev–Trinajstić information content (AvgIpc) is 2.51. The van der Waals surface area contributed by atoms with E-state index in [1.165, 1.54) is 16.7 Å². The van der Waals surface area contributed by atoms with Crippen molar-refractivity contribution in [1.82, 2.24) is 9.88 Å². The van der Waals surface area contributed by atoms with Gasteiger partial charge in [-0.05, 0) is 30.7 Å². The van der Waals surface area contributed by atoms with Crippen molar-refractivity contribution in [2.45, 2.75) is 13.0 Å². The van der Waals surface area contributed by atoms with E-state index in [1.54, 1.807) is 12.3 Å². The number of nitrogens with two attached hydrogens (primary N) is 1. The highest BCUT2D eigenvalue weighted by Crippen LogP contribution is 2.15. The lowest BCUT2D eigenvalue weighted by Crippen LogP contribution is -2.28. The van der Waals surface area contributed by atoms with Gasteiger partial charge in [0.25, 0.3) is 11.5 Å². The Kier molecular flexibility index (Phi) is 7.81. The van der Waals surface area contributed by atoms with Crippen LogP contribution in [0.15, 0.2) is 47.4 Å². The number of hydrogen-bond acceptors (Lipinski definition) is 3. The molecule has 2 aromatic rings. The minimum absolute atomic E-state index is 0. The van der Waals surface area contributed by atoms with Crippen molar-refractivity contribution in [2.24, 2.45) is 5.73 Å². The Labute approximate surface area is 145 Å². The SMILES string of the molecule is Cl.NCCCNC(=O)c1ccc(=O)n(Cc2ccccc2Cl)c1. The summed E-state index contributed by atoms with van der Waals surface area (Å²) in [4.78, 5) is 24.0. The standard InChI is InChI=1S/C16H18ClN3O2.ClH/c17-14-5-2-1-4-12(14)10-20-11-13(6-7-15(20)21)16(22)19-9-3-8-18;/h1-2,4-7,11H,3,8-10,18H2,(H,19,22);1H. The molecule has 124 valence electrons. The summed E-state index contributed by atoms with van der Waals surface area (Å²) >= 11 is 6.11. The van der Waals surface area contributed by atoms with Gasteiger partial charge in [0, 0.05) is 23.8 Å². The Morgan fingerprint density at radius 3 is 2.65 bits per heavy atom. The Hall–Kier alpha value is -1.82. The lowest BCUT2D eigenvalue weighted by atomic mass is 10.2. The molecule has 0 aliphatic heterocycles. The Bertz CT molecular complexity index is 716. The van der Waals surface area contributed by atoms with Crippen molar-refractivity contribution in [3.8, 4) is 0 Å². The maximum atomic E-state index is 12.0. The minimum Gasteiger partial charge on any atom is -0.352 e. The molecule has 0 fully saturated rings. The van der Waals surface area contributed by atoms with Gasteiger partial charge in [-0.3, -0.25) is 9.59 Å². The summed E-state index contributed by atoms with van der Waals surface area (Å²) in [6.07, 6.45) is 2.26. The van der Waals surface area contributed by atoms with Crippen LogP contribution in [0.5, 0.6) is 0 Å². The molecule has 0 unspecified atom stereocenters. The molecule has 1 aromatic carbocycles. The summed E-state index contributed by atoms with van der Waals surface area (Å²) in [6.45, 7) is 1.35. The first-order chi connectivity index (χ1) is 10.6. The van der Waals surface area contributed by atoms with Crippen LogP contribution in [-0.4, -0.2) is 23.6 Å². The van der Waals surface area contributed by atoms with Gasteiger partial charge >= 0.3 is 0 Å². The summed E-state index contributed by atoms with van der Waals surface area (Å²) in [6, 6.07) is 10.2. The molecule has 1 heterocycles.